The van der Waals surface area contributed by atoms with E-state index in [0.717, 1.165) is 77.0 Å². The summed E-state index contributed by atoms with van der Waals surface area (Å²) in [5, 5.41) is 23.1. The number of hydrogen-bond donors (Lipinski definition) is 3. The first kappa shape index (κ1) is 56.1. The van der Waals surface area contributed by atoms with Crippen molar-refractivity contribution in [1.29, 1.82) is 0 Å². The summed E-state index contributed by atoms with van der Waals surface area (Å²) in [6.07, 6.45) is 56.8. The van der Waals surface area contributed by atoms with Crippen LogP contribution in [0.25, 0.3) is 0 Å². The van der Waals surface area contributed by atoms with E-state index in [1.54, 1.807) is 0 Å². The molecule has 0 aromatic carbocycles. The van der Waals surface area contributed by atoms with Gasteiger partial charge in [-0.3, -0.25) is 9.59 Å². The largest absolute Gasteiger partial charge is 0.466 e. The first-order chi connectivity index (χ1) is 28.5. The van der Waals surface area contributed by atoms with Crippen molar-refractivity contribution in [2.24, 2.45) is 0 Å². The maximum Gasteiger partial charge on any atom is 0.305 e. The number of aliphatic hydroxyl groups excluding tert-OH is 2. The fourth-order valence-corrected chi connectivity index (χ4v) is 7.51. The minimum Gasteiger partial charge on any atom is -0.466 e. The van der Waals surface area contributed by atoms with Gasteiger partial charge in [0.2, 0.25) is 5.91 Å². The molecule has 2 atom stereocenters. The topological polar surface area (TPSA) is 95.9 Å². The van der Waals surface area contributed by atoms with Crippen molar-refractivity contribution < 1.29 is 24.5 Å². The zero-order valence-electron chi connectivity index (χ0n) is 38.5. The normalized spacial score (nSPS) is 13.0. The molecule has 6 heteroatoms. The van der Waals surface area contributed by atoms with Crippen molar-refractivity contribution >= 4 is 11.9 Å². The molecule has 1 amide bonds. The van der Waals surface area contributed by atoms with E-state index >= 15 is 0 Å². The number of hydrogen-bond acceptors (Lipinski definition) is 5. The lowest BCUT2D eigenvalue weighted by molar-refractivity contribution is -0.143. The number of amides is 1. The molecule has 58 heavy (non-hydrogen) atoms. The van der Waals surface area contributed by atoms with Crippen LogP contribution in [0.1, 0.15) is 258 Å². The summed E-state index contributed by atoms with van der Waals surface area (Å²) in [6, 6.07) is -0.557. The molecule has 0 aliphatic heterocycles. The highest BCUT2D eigenvalue weighted by atomic mass is 16.5. The van der Waals surface area contributed by atoms with Gasteiger partial charge in [0.05, 0.1) is 25.4 Å². The third-order valence-electron chi connectivity index (χ3n) is 11.4. The molecule has 6 nitrogen and oxygen atoms in total. The number of allylic oxidation sites excluding steroid dienone is 6. The molecule has 0 bridgehead atoms. The van der Waals surface area contributed by atoms with Gasteiger partial charge in [0.15, 0.2) is 0 Å². The monoisotopic (exact) mass is 816 g/mol. The zero-order chi connectivity index (χ0) is 42.3. The number of carbonyl (C=O) groups is 2. The second-order valence-electron chi connectivity index (χ2n) is 17.2. The zero-order valence-corrected chi connectivity index (χ0v) is 38.5. The summed E-state index contributed by atoms with van der Waals surface area (Å²) in [6.45, 7) is 4.87. The van der Waals surface area contributed by atoms with Crippen LogP contribution in [0.4, 0.5) is 0 Å². The van der Waals surface area contributed by atoms with E-state index < -0.39 is 12.1 Å². The highest BCUT2D eigenvalue weighted by Gasteiger charge is 2.20. The number of unbranched alkanes of at least 4 members (excludes halogenated alkanes) is 30. The summed E-state index contributed by atoms with van der Waals surface area (Å²) in [5.74, 6) is -0.0902. The molecule has 0 aliphatic rings. The van der Waals surface area contributed by atoms with Gasteiger partial charge < -0.3 is 20.3 Å². The smallest absolute Gasteiger partial charge is 0.305 e. The standard InChI is InChI=1S/C52H97NO5/c1-3-5-7-9-11-13-15-16-18-22-26-30-34-38-42-46-52(57)58-47-43-39-35-31-27-23-20-17-19-21-25-29-33-37-41-45-51(56)53-49(48-54)50(55)44-40-36-32-28-24-14-12-10-8-6-4-2/h16-18,20,23,27,49-50,54-55H,3-15,19,21-22,24-26,28-48H2,1-2H3,(H,53,56)/b18-16-,20-17-,27-23-. The second kappa shape index (κ2) is 47.8. The van der Waals surface area contributed by atoms with Gasteiger partial charge in [0, 0.05) is 12.8 Å². The fourth-order valence-electron chi connectivity index (χ4n) is 7.51. The lowest BCUT2D eigenvalue weighted by Gasteiger charge is -2.22. The van der Waals surface area contributed by atoms with E-state index in [1.807, 2.05) is 0 Å². The molecule has 0 aliphatic carbocycles. The second-order valence-corrected chi connectivity index (χ2v) is 17.2. The molecule has 2 unspecified atom stereocenters. The quantitative estimate of drug-likeness (QED) is 0.0246. The van der Waals surface area contributed by atoms with E-state index in [2.05, 4.69) is 55.6 Å². The van der Waals surface area contributed by atoms with Gasteiger partial charge in [-0.25, -0.2) is 0 Å². The van der Waals surface area contributed by atoms with Crippen LogP contribution in [0.3, 0.4) is 0 Å². The summed E-state index contributed by atoms with van der Waals surface area (Å²) in [4.78, 5) is 24.4. The van der Waals surface area contributed by atoms with Crippen LogP contribution in [0.2, 0.25) is 0 Å². The van der Waals surface area contributed by atoms with Crippen LogP contribution < -0.4 is 5.32 Å². The van der Waals surface area contributed by atoms with Crippen LogP contribution in [-0.4, -0.2) is 47.4 Å². The molecule has 0 saturated carbocycles. The molecule has 0 aromatic heterocycles. The summed E-state index contributed by atoms with van der Waals surface area (Å²) < 4.78 is 5.43. The summed E-state index contributed by atoms with van der Waals surface area (Å²) in [7, 11) is 0. The molecule has 0 fully saturated rings. The van der Waals surface area contributed by atoms with Crippen molar-refractivity contribution in [2.45, 2.75) is 270 Å². The average Bonchev–Trinajstić information content (AvgIpc) is 3.22. The summed E-state index contributed by atoms with van der Waals surface area (Å²) >= 11 is 0. The van der Waals surface area contributed by atoms with Gasteiger partial charge >= 0.3 is 5.97 Å². The van der Waals surface area contributed by atoms with Crippen LogP contribution in [0, 0.1) is 0 Å². The van der Waals surface area contributed by atoms with Crippen molar-refractivity contribution in [3.63, 3.8) is 0 Å². The first-order valence-electron chi connectivity index (χ1n) is 25.3. The number of rotatable bonds is 46. The Morgan fingerprint density at radius 1 is 0.483 bits per heavy atom. The van der Waals surface area contributed by atoms with Crippen molar-refractivity contribution in [3.8, 4) is 0 Å². The van der Waals surface area contributed by atoms with Gasteiger partial charge in [-0.2, -0.15) is 0 Å². The van der Waals surface area contributed by atoms with Crippen molar-refractivity contribution in [3.05, 3.63) is 36.5 Å². The molecule has 0 aromatic rings. The molecule has 0 spiro atoms. The van der Waals surface area contributed by atoms with E-state index in [4.69, 9.17) is 4.74 Å². The van der Waals surface area contributed by atoms with Gasteiger partial charge in [-0.15, -0.1) is 0 Å². The van der Waals surface area contributed by atoms with Gasteiger partial charge in [0.25, 0.3) is 0 Å². The molecule has 340 valence electrons. The van der Waals surface area contributed by atoms with Gasteiger partial charge in [-0.05, 0) is 83.5 Å². The Morgan fingerprint density at radius 2 is 0.862 bits per heavy atom. The lowest BCUT2D eigenvalue weighted by atomic mass is 10.0. The Hall–Kier alpha value is -1.92. The van der Waals surface area contributed by atoms with Crippen LogP contribution in [0.5, 0.6) is 0 Å². The number of esters is 1. The lowest BCUT2D eigenvalue weighted by Crippen LogP contribution is -2.45. The van der Waals surface area contributed by atoms with Crippen LogP contribution in [-0.2, 0) is 14.3 Å². The van der Waals surface area contributed by atoms with Gasteiger partial charge in [-0.1, -0.05) is 198 Å². The van der Waals surface area contributed by atoms with E-state index in [9.17, 15) is 19.8 Å². The molecular weight excluding hydrogens is 719 g/mol. The predicted molar refractivity (Wildman–Crippen MR) is 250 cm³/mol. The van der Waals surface area contributed by atoms with Crippen LogP contribution >= 0.6 is 0 Å². The molecule has 3 N–H and O–H groups in total. The predicted octanol–water partition coefficient (Wildman–Crippen LogP) is 14.9. The molecular formula is C52H97NO5. The third-order valence-corrected chi connectivity index (χ3v) is 11.4. The summed E-state index contributed by atoms with van der Waals surface area (Å²) in [5.41, 5.74) is 0. The number of aliphatic hydroxyl groups is 2. The highest BCUT2D eigenvalue weighted by molar-refractivity contribution is 5.76. The molecule has 0 saturated heterocycles. The Labute approximate surface area is 360 Å². The molecule has 0 heterocycles. The average molecular weight is 816 g/mol. The Bertz CT molecular complexity index is 946. The SMILES string of the molecule is CCCCCCCC/C=C\CCCCCCCC(=O)OCCCCC/C=C\C=C/CCCCCCCCC(=O)NC(CO)C(O)CCCCCCCCCCCCC. The minimum absolute atomic E-state index is 0.0303. The van der Waals surface area contributed by atoms with Crippen molar-refractivity contribution in [1.82, 2.24) is 5.32 Å². The number of nitrogens with one attached hydrogen (secondary N) is 1. The van der Waals surface area contributed by atoms with E-state index in [0.29, 0.717) is 25.9 Å². The Balaban J connectivity index is 3.52. The Kier molecular flexibility index (Phi) is 46.2. The third kappa shape index (κ3) is 43.7. The fraction of sp³-hybridized carbons (Fsp3) is 0.846. The molecule has 0 radical (unpaired) electrons. The Morgan fingerprint density at radius 3 is 1.33 bits per heavy atom. The molecule has 0 rings (SSSR count). The van der Waals surface area contributed by atoms with E-state index in [1.165, 1.54) is 148 Å². The van der Waals surface area contributed by atoms with Crippen molar-refractivity contribution in [2.75, 3.05) is 13.2 Å². The highest BCUT2D eigenvalue weighted by Crippen LogP contribution is 2.15. The number of carbonyl (C=O) groups excluding carboxylic acids is 2. The van der Waals surface area contributed by atoms with E-state index in [-0.39, 0.29) is 18.5 Å². The number of ether oxygens (including phenoxy) is 1. The maximum atomic E-state index is 12.4. The first-order valence-corrected chi connectivity index (χ1v) is 25.3. The minimum atomic E-state index is -0.677. The van der Waals surface area contributed by atoms with Crippen LogP contribution in [0.15, 0.2) is 36.5 Å². The van der Waals surface area contributed by atoms with Gasteiger partial charge in [0.1, 0.15) is 0 Å². The maximum absolute atomic E-state index is 12.4.